The molecule has 1 aliphatic rings. The molecule has 28 heavy (non-hydrogen) atoms. The van der Waals surface area contributed by atoms with Crippen LogP contribution < -0.4 is 0 Å². The van der Waals surface area contributed by atoms with E-state index in [1.807, 2.05) is 28.8 Å². The van der Waals surface area contributed by atoms with Crippen LogP contribution in [-0.2, 0) is 24.0 Å². The minimum Gasteiger partial charge on any atom is -0.381 e. The fraction of sp³-hybridized carbons (Fsp3) is 0.417. The molecule has 0 unspecified atom stereocenters. The summed E-state index contributed by atoms with van der Waals surface area (Å²) in [5, 5.41) is 0. The van der Waals surface area contributed by atoms with Gasteiger partial charge in [-0.25, -0.2) is 4.98 Å². The van der Waals surface area contributed by atoms with Gasteiger partial charge in [0.05, 0.1) is 5.69 Å². The molecule has 1 fully saturated rings. The Balaban J connectivity index is 1.40. The van der Waals surface area contributed by atoms with E-state index in [0.29, 0.717) is 6.42 Å². The van der Waals surface area contributed by atoms with Crippen LogP contribution in [0.3, 0.4) is 0 Å². The van der Waals surface area contributed by atoms with Crippen molar-refractivity contribution in [1.82, 2.24) is 9.38 Å². The Morgan fingerprint density at radius 1 is 1.11 bits per heavy atom. The normalized spacial score (nSPS) is 15.2. The van der Waals surface area contributed by atoms with Crippen molar-refractivity contribution in [3.8, 4) is 0 Å². The SMILES string of the molecule is CCc1nc2ccccn2c1C(=O)CCc1ccc(CC2CCOCC2)cc1. The monoisotopic (exact) mass is 376 g/mol. The summed E-state index contributed by atoms with van der Waals surface area (Å²) in [5.41, 5.74) is 5.09. The maximum Gasteiger partial charge on any atom is 0.181 e. The van der Waals surface area contributed by atoms with Gasteiger partial charge in [0.15, 0.2) is 5.78 Å². The number of carbonyl (C=O) groups excluding carboxylic acids is 1. The molecule has 3 heterocycles. The molecular weight excluding hydrogens is 348 g/mol. The molecule has 0 saturated carbocycles. The molecule has 0 amide bonds. The molecule has 1 saturated heterocycles. The average Bonchev–Trinajstić information content (AvgIpc) is 3.12. The summed E-state index contributed by atoms with van der Waals surface area (Å²) in [6.07, 6.45) is 7.42. The third kappa shape index (κ3) is 4.17. The number of rotatable bonds is 7. The van der Waals surface area contributed by atoms with Crippen molar-refractivity contribution in [3.05, 3.63) is 71.2 Å². The van der Waals surface area contributed by atoms with Gasteiger partial charge in [-0.3, -0.25) is 9.20 Å². The summed E-state index contributed by atoms with van der Waals surface area (Å²) in [6, 6.07) is 14.7. The number of ether oxygens (including phenoxy) is 1. The Kier molecular flexibility index (Phi) is 5.87. The molecule has 2 aromatic heterocycles. The van der Waals surface area contributed by atoms with Gasteiger partial charge in [-0.15, -0.1) is 0 Å². The predicted octanol–water partition coefficient (Wildman–Crippen LogP) is 4.68. The maximum atomic E-state index is 12.9. The van der Waals surface area contributed by atoms with E-state index in [1.165, 1.54) is 11.1 Å². The molecule has 1 aromatic carbocycles. The zero-order chi connectivity index (χ0) is 19.3. The lowest BCUT2D eigenvalue weighted by Crippen LogP contribution is -2.17. The number of ketones is 1. The topological polar surface area (TPSA) is 43.6 Å². The Hall–Kier alpha value is -2.46. The van der Waals surface area contributed by atoms with E-state index in [1.54, 1.807) is 0 Å². The van der Waals surface area contributed by atoms with E-state index < -0.39 is 0 Å². The molecular formula is C24H28N2O2. The Morgan fingerprint density at radius 3 is 2.61 bits per heavy atom. The van der Waals surface area contributed by atoms with Crippen LogP contribution in [0.1, 0.15) is 53.5 Å². The third-order valence-corrected chi connectivity index (χ3v) is 5.73. The smallest absolute Gasteiger partial charge is 0.181 e. The summed E-state index contributed by atoms with van der Waals surface area (Å²) in [5.74, 6) is 0.908. The number of imidazole rings is 1. The number of carbonyl (C=O) groups is 1. The van der Waals surface area contributed by atoms with E-state index in [4.69, 9.17) is 4.74 Å². The van der Waals surface area contributed by atoms with Crippen molar-refractivity contribution in [2.24, 2.45) is 5.92 Å². The van der Waals surface area contributed by atoms with Crippen LogP contribution in [0, 0.1) is 5.92 Å². The summed E-state index contributed by atoms with van der Waals surface area (Å²) in [6.45, 7) is 3.84. The Labute approximate surface area is 166 Å². The van der Waals surface area contributed by atoms with Gasteiger partial charge in [0.25, 0.3) is 0 Å². The molecule has 0 bridgehead atoms. The summed E-state index contributed by atoms with van der Waals surface area (Å²) in [7, 11) is 0. The fourth-order valence-corrected chi connectivity index (χ4v) is 4.09. The van der Waals surface area contributed by atoms with E-state index >= 15 is 0 Å². The van der Waals surface area contributed by atoms with Crippen LogP contribution >= 0.6 is 0 Å². The fourth-order valence-electron chi connectivity index (χ4n) is 4.09. The molecule has 0 N–H and O–H groups in total. The van der Waals surface area contributed by atoms with Crippen molar-refractivity contribution in [2.45, 2.75) is 45.4 Å². The lowest BCUT2D eigenvalue weighted by Gasteiger charge is -2.22. The van der Waals surface area contributed by atoms with Crippen molar-refractivity contribution in [1.29, 1.82) is 0 Å². The quantitative estimate of drug-likeness (QED) is 0.562. The second kappa shape index (κ2) is 8.70. The molecule has 4 rings (SSSR count). The van der Waals surface area contributed by atoms with Crippen molar-refractivity contribution in [3.63, 3.8) is 0 Å². The van der Waals surface area contributed by atoms with E-state index in [0.717, 1.165) is 68.3 Å². The lowest BCUT2D eigenvalue weighted by atomic mass is 9.92. The number of nitrogens with zero attached hydrogens (tertiary/aromatic N) is 2. The zero-order valence-corrected chi connectivity index (χ0v) is 16.6. The van der Waals surface area contributed by atoms with Crippen LogP contribution in [-0.4, -0.2) is 28.4 Å². The largest absolute Gasteiger partial charge is 0.381 e. The van der Waals surface area contributed by atoms with Crippen molar-refractivity contribution >= 4 is 11.4 Å². The second-order valence-electron chi connectivity index (χ2n) is 7.69. The minimum atomic E-state index is 0.168. The zero-order valence-electron chi connectivity index (χ0n) is 16.6. The van der Waals surface area contributed by atoms with Crippen LogP contribution in [0.15, 0.2) is 48.7 Å². The van der Waals surface area contributed by atoms with Gasteiger partial charge in [-0.1, -0.05) is 37.3 Å². The van der Waals surface area contributed by atoms with E-state index in [9.17, 15) is 4.79 Å². The Bertz CT molecular complexity index is 937. The first-order valence-electron chi connectivity index (χ1n) is 10.4. The highest BCUT2D eigenvalue weighted by atomic mass is 16.5. The average molecular weight is 377 g/mol. The number of benzene rings is 1. The van der Waals surface area contributed by atoms with Crippen LogP contribution in [0.25, 0.3) is 5.65 Å². The van der Waals surface area contributed by atoms with Gasteiger partial charge in [-0.05, 0) is 61.3 Å². The van der Waals surface area contributed by atoms with Crippen LogP contribution in [0.2, 0.25) is 0 Å². The lowest BCUT2D eigenvalue weighted by molar-refractivity contribution is 0.0665. The second-order valence-corrected chi connectivity index (χ2v) is 7.69. The first-order valence-corrected chi connectivity index (χ1v) is 10.4. The number of hydrogen-bond donors (Lipinski definition) is 0. The number of pyridine rings is 1. The van der Waals surface area contributed by atoms with E-state index in [2.05, 4.69) is 36.2 Å². The minimum absolute atomic E-state index is 0.168. The van der Waals surface area contributed by atoms with Gasteiger partial charge >= 0.3 is 0 Å². The van der Waals surface area contributed by atoms with Crippen LogP contribution in [0.5, 0.6) is 0 Å². The van der Waals surface area contributed by atoms with E-state index in [-0.39, 0.29) is 5.78 Å². The highest BCUT2D eigenvalue weighted by molar-refractivity contribution is 5.96. The number of hydrogen-bond acceptors (Lipinski definition) is 3. The number of aromatic nitrogens is 2. The molecule has 4 nitrogen and oxygen atoms in total. The molecule has 3 aromatic rings. The van der Waals surface area contributed by atoms with Crippen molar-refractivity contribution in [2.75, 3.05) is 13.2 Å². The number of Topliss-reactive ketones (excluding diaryl/α,β-unsaturated/α-hetero) is 1. The van der Waals surface area contributed by atoms with Gasteiger partial charge in [0, 0.05) is 25.8 Å². The molecule has 0 radical (unpaired) electrons. The Morgan fingerprint density at radius 2 is 1.86 bits per heavy atom. The summed E-state index contributed by atoms with van der Waals surface area (Å²) < 4.78 is 7.38. The molecule has 4 heteroatoms. The van der Waals surface area contributed by atoms with Gasteiger partial charge in [-0.2, -0.15) is 0 Å². The van der Waals surface area contributed by atoms with Gasteiger partial charge < -0.3 is 4.74 Å². The highest BCUT2D eigenvalue weighted by Gasteiger charge is 2.18. The first kappa shape index (κ1) is 18.9. The highest BCUT2D eigenvalue weighted by Crippen LogP contribution is 2.21. The molecule has 1 aliphatic heterocycles. The van der Waals surface area contributed by atoms with Gasteiger partial charge in [0.2, 0.25) is 0 Å². The molecule has 0 atom stereocenters. The molecule has 0 spiro atoms. The summed E-state index contributed by atoms with van der Waals surface area (Å²) in [4.78, 5) is 17.5. The molecule has 0 aliphatic carbocycles. The van der Waals surface area contributed by atoms with Crippen molar-refractivity contribution < 1.29 is 9.53 Å². The van der Waals surface area contributed by atoms with Gasteiger partial charge in [0.1, 0.15) is 11.3 Å². The number of aryl methyl sites for hydroxylation is 2. The standard InChI is InChI=1S/C24H28N2O2/c1-2-21-24(26-14-4-3-5-23(26)25-21)22(27)11-10-18-6-8-19(9-7-18)17-20-12-15-28-16-13-20/h3-9,14,20H,2,10-13,15-17H2,1H3. The maximum absolute atomic E-state index is 12.9. The van der Waals surface area contributed by atoms with Crippen LogP contribution in [0.4, 0.5) is 0 Å². The number of fused-ring (bicyclic) bond motifs is 1. The summed E-state index contributed by atoms with van der Waals surface area (Å²) >= 11 is 0. The first-order chi connectivity index (χ1) is 13.7. The predicted molar refractivity (Wildman–Crippen MR) is 111 cm³/mol. The third-order valence-electron chi connectivity index (χ3n) is 5.73. The molecule has 146 valence electrons.